The number of carbonyl (C=O) groups excluding carboxylic acids is 2. The molecule has 0 unspecified atom stereocenters. The van der Waals surface area contributed by atoms with Crippen molar-refractivity contribution in [3.63, 3.8) is 0 Å². The third kappa shape index (κ3) is 5.94. The van der Waals surface area contributed by atoms with E-state index in [0.29, 0.717) is 17.7 Å². The van der Waals surface area contributed by atoms with Gasteiger partial charge < -0.3 is 0 Å². The van der Waals surface area contributed by atoms with E-state index in [1.165, 1.54) is 56.3 Å². The topological polar surface area (TPSA) is 37.4 Å². The minimum Gasteiger partial charge on any atom is -0.274 e. The van der Waals surface area contributed by atoms with Crippen molar-refractivity contribution in [3.05, 3.63) is 43.0 Å². The maximum absolute atomic E-state index is 13.4. The molecule has 34 heavy (non-hydrogen) atoms. The van der Waals surface area contributed by atoms with Gasteiger partial charge in [0.1, 0.15) is 0 Å². The fraction of sp³-hybridized carbons (Fsp3) is 0.462. The normalized spacial score (nSPS) is 13.3. The summed E-state index contributed by atoms with van der Waals surface area (Å²) in [6, 6.07) is 8.04. The van der Waals surface area contributed by atoms with Gasteiger partial charge in [0.2, 0.25) is 0 Å². The van der Waals surface area contributed by atoms with Gasteiger partial charge in [-0.15, -0.1) is 34.0 Å². The van der Waals surface area contributed by atoms with E-state index in [9.17, 15) is 9.59 Å². The van der Waals surface area contributed by atoms with Crippen LogP contribution < -0.4 is 0 Å². The van der Waals surface area contributed by atoms with Crippen molar-refractivity contribution in [1.29, 1.82) is 0 Å². The van der Waals surface area contributed by atoms with E-state index in [1.54, 1.807) is 34.0 Å². The van der Waals surface area contributed by atoms with Crippen LogP contribution >= 0.6 is 65.9 Å². The van der Waals surface area contributed by atoms with Crippen LogP contribution in [0.1, 0.15) is 91.8 Å². The predicted molar refractivity (Wildman–Crippen MR) is 154 cm³/mol. The molecule has 3 nitrogen and oxygen atoms in total. The van der Waals surface area contributed by atoms with Crippen LogP contribution in [0, 0.1) is 0 Å². The van der Waals surface area contributed by atoms with Gasteiger partial charge in [-0.2, -0.15) is 0 Å². The molecule has 2 amide bonds. The highest BCUT2D eigenvalue weighted by molar-refractivity contribution is 9.11. The Morgan fingerprint density at radius 2 is 1.09 bits per heavy atom. The van der Waals surface area contributed by atoms with Gasteiger partial charge in [0.25, 0.3) is 11.8 Å². The van der Waals surface area contributed by atoms with E-state index >= 15 is 0 Å². The van der Waals surface area contributed by atoms with Crippen molar-refractivity contribution in [2.75, 3.05) is 6.54 Å². The third-order valence-corrected chi connectivity index (χ3v) is 11.0. The number of imide groups is 1. The van der Waals surface area contributed by atoms with Crippen molar-refractivity contribution >= 4 is 77.7 Å². The van der Waals surface area contributed by atoms with E-state index in [-0.39, 0.29) is 11.8 Å². The maximum Gasteiger partial charge on any atom is 0.263 e. The fourth-order valence-electron chi connectivity index (χ4n) is 4.38. The molecular formula is C26H29Br2NO2S3. The first-order valence-electron chi connectivity index (χ1n) is 12.1. The third-order valence-electron chi connectivity index (χ3n) is 6.16. The molecule has 3 aromatic heterocycles. The van der Waals surface area contributed by atoms with Crippen LogP contribution in [0.15, 0.2) is 31.8 Å². The molecule has 0 atom stereocenters. The first-order chi connectivity index (χ1) is 16.5. The summed E-state index contributed by atoms with van der Waals surface area (Å²) in [6.45, 7) is 2.76. The zero-order valence-corrected chi connectivity index (χ0v) is 25.0. The molecule has 0 saturated heterocycles. The Bertz CT molecular complexity index is 1070. The van der Waals surface area contributed by atoms with E-state index < -0.39 is 0 Å². The van der Waals surface area contributed by atoms with Crippen LogP contribution in [0.3, 0.4) is 0 Å². The molecule has 0 aliphatic carbocycles. The number of nitrogens with zero attached hydrogens (tertiary/aromatic N) is 1. The Hall–Kier alpha value is -0.800. The monoisotopic (exact) mass is 641 g/mol. The first-order valence-corrected chi connectivity index (χ1v) is 16.1. The molecule has 0 fully saturated rings. The van der Waals surface area contributed by atoms with Crippen molar-refractivity contribution in [2.45, 2.75) is 71.1 Å². The van der Waals surface area contributed by atoms with Gasteiger partial charge in [0, 0.05) is 16.3 Å². The number of halogens is 2. The molecule has 0 saturated carbocycles. The molecule has 4 heterocycles. The SMILES string of the molecule is CCCCCCCCCCCCN1C(=O)c2c(-c3ccc(Br)s3)sc(-c3ccc(Br)s3)c2C1=O. The highest BCUT2D eigenvalue weighted by Gasteiger charge is 2.42. The highest BCUT2D eigenvalue weighted by Crippen LogP contribution is 2.49. The van der Waals surface area contributed by atoms with Crippen molar-refractivity contribution in [2.24, 2.45) is 0 Å². The first kappa shape index (κ1) is 26.3. The van der Waals surface area contributed by atoms with Gasteiger partial charge in [-0.1, -0.05) is 64.7 Å². The van der Waals surface area contributed by atoms with E-state index in [1.807, 2.05) is 24.3 Å². The molecule has 0 N–H and O–H groups in total. The molecule has 0 radical (unpaired) electrons. The summed E-state index contributed by atoms with van der Waals surface area (Å²) in [7, 11) is 0. The second-order valence-electron chi connectivity index (χ2n) is 8.66. The summed E-state index contributed by atoms with van der Waals surface area (Å²) in [5, 5.41) is 0. The van der Waals surface area contributed by atoms with Gasteiger partial charge in [0.05, 0.1) is 28.5 Å². The van der Waals surface area contributed by atoms with Crippen LogP contribution in [-0.2, 0) is 0 Å². The van der Waals surface area contributed by atoms with Crippen molar-refractivity contribution < 1.29 is 9.59 Å². The van der Waals surface area contributed by atoms with Gasteiger partial charge in [-0.3, -0.25) is 14.5 Å². The molecule has 3 aromatic rings. The minimum atomic E-state index is -0.131. The highest BCUT2D eigenvalue weighted by atomic mass is 79.9. The number of hydrogen-bond acceptors (Lipinski definition) is 5. The molecule has 1 aliphatic heterocycles. The van der Waals surface area contributed by atoms with Gasteiger partial charge in [0.15, 0.2) is 0 Å². The molecule has 8 heteroatoms. The van der Waals surface area contributed by atoms with E-state index in [0.717, 1.165) is 39.9 Å². The van der Waals surface area contributed by atoms with Crippen LogP contribution in [0.25, 0.3) is 19.5 Å². The lowest BCUT2D eigenvalue weighted by Gasteiger charge is -2.14. The zero-order valence-electron chi connectivity index (χ0n) is 19.3. The van der Waals surface area contributed by atoms with Crippen LogP contribution in [-0.4, -0.2) is 23.3 Å². The predicted octanol–water partition coefficient (Wildman–Crippen LogP) is 10.2. The Labute approximate surface area is 230 Å². The van der Waals surface area contributed by atoms with Crippen molar-refractivity contribution in [1.82, 2.24) is 4.90 Å². The fourth-order valence-corrected chi connectivity index (χ4v) is 8.67. The van der Waals surface area contributed by atoms with Crippen LogP contribution in [0.5, 0.6) is 0 Å². The number of carbonyl (C=O) groups is 2. The Balaban J connectivity index is 1.42. The standard InChI is InChI=1S/C26H29Br2NO2S3/c1-2-3-4-5-6-7-8-9-10-11-16-29-25(30)21-22(26(29)31)24(18-13-15-20(28)33-18)34-23(21)17-12-14-19(27)32-17/h12-15H,2-11,16H2,1H3. The van der Waals surface area contributed by atoms with Gasteiger partial charge in [-0.05, 0) is 62.5 Å². The summed E-state index contributed by atoms with van der Waals surface area (Å²) in [5.74, 6) is -0.262. The molecule has 4 rings (SSSR count). The van der Waals surface area contributed by atoms with Crippen molar-refractivity contribution in [3.8, 4) is 19.5 Å². The lowest BCUT2D eigenvalue weighted by atomic mass is 10.1. The smallest absolute Gasteiger partial charge is 0.263 e. The molecular weight excluding hydrogens is 614 g/mol. The molecule has 0 spiro atoms. The van der Waals surface area contributed by atoms with Crippen LogP contribution in [0.4, 0.5) is 0 Å². The molecule has 0 bridgehead atoms. The largest absolute Gasteiger partial charge is 0.274 e. The number of unbranched alkanes of at least 4 members (excludes halogenated alkanes) is 9. The maximum atomic E-state index is 13.4. The quantitative estimate of drug-likeness (QED) is 0.137. The Morgan fingerprint density at radius 3 is 1.50 bits per heavy atom. The average molecular weight is 644 g/mol. The summed E-state index contributed by atoms with van der Waals surface area (Å²) >= 11 is 11.8. The molecule has 1 aliphatic rings. The lowest BCUT2D eigenvalue weighted by molar-refractivity contribution is 0.0652. The molecule has 182 valence electrons. The van der Waals surface area contributed by atoms with E-state index in [2.05, 4.69) is 38.8 Å². The summed E-state index contributed by atoms with van der Waals surface area (Å²) in [5.41, 5.74) is 1.19. The van der Waals surface area contributed by atoms with Gasteiger partial charge in [-0.25, -0.2) is 0 Å². The van der Waals surface area contributed by atoms with Gasteiger partial charge >= 0.3 is 0 Å². The second kappa shape index (κ2) is 12.4. The summed E-state index contributed by atoms with van der Waals surface area (Å²) < 4.78 is 2.04. The Kier molecular flexibility index (Phi) is 9.61. The minimum absolute atomic E-state index is 0.131. The average Bonchev–Trinajstić information content (AvgIpc) is 3.57. The second-order valence-corrected chi connectivity index (χ2v) is 14.6. The number of fused-ring (bicyclic) bond motifs is 1. The Morgan fingerprint density at radius 1 is 0.647 bits per heavy atom. The van der Waals surface area contributed by atoms with E-state index in [4.69, 9.17) is 0 Å². The summed E-state index contributed by atoms with van der Waals surface area (Å²) in [4.78, 5) is 32.3. The molecule has 0 aromatic carbocycles. The number of hydrogen-bond donors (Lipinski definition) is 0. The lowest BCUT2D eigenvalue weighted by Crippen LogP contribution is -2.31. The number of rotatable bonds is 13. The van der Waals surface area contributed by atoms with Crippen LogP contribution in [0.2, 0.25) is 0 Å². The number of thiophene rings is 3. The summed E-state index contributed by atoms with van der Waals surface area (Å²) in [6.07, 6.45) is 12.3. The zero-order chi connectivity index (χ0) is 24.1. The number of amides is 2.